The lowest BCUT2D eigenvalue weighted by molar-refractivity contribution is -0.147. The van der Waals surface area contributed by atoms with Gasteiger partial charge in [0.25, 0.3) is 0 Å². The van der Waals surface area contributed by atoms with Gasteiger partial charge in [-0.15, -0.1) is 0 Å². The van der Waals surface area contributed by atoms with Gasteiger partial charge in [0.1, 0.15) is 0 Å². The summed E-state index contributed by atoms with van der Waals surface area (Å²) in [7, 11) is 1.94. The Balaban J connectivity index is 2.27. The van der Waals surface area contributed by atoms with Gasteiger partial charge in [0.15, 0.2) is 0 Å². The Hall–Kier alpha value is -1.59. The third kappa shape index (κ3) is 4.33. The van der Waals surface area contributed by atoms with Crippen molar-refractivity contribution in [3.8, 4) is 0 Å². The van der Waals surface area contributed by atoms with Crippen molar-refractivity contribution >= 4 is 23.5 Å². The zero-order chi connectivity index (χ0) is 18.4. The molecule has 0 spiro atoms. The largest absolute Gasteiger partial charge is 0.466 e. The molecule has 0 heterocycles. The van der Waals surface area contributed by atoms with Gasteiger partial charge in [-0.2, -0.15) is 0 Å². The number of benzene rings is 1. The third-order valence-corrected chi connectivity index (χ3v) is 5.19. The van der Waals surface area contributed by atoms with Gasteiger partial charge in [0, 0.05) is 11.6 Å². The van der Waals surface area contributed by atoms with Crippen LogP contribution in [0.5, 0.6) is 0 Å². The fraction of sp³-hybridized carbons (Fsp3) is 0.579. The molecule has 0 amide bonds. The summed E-state index contributed by atoms with van der Waals surface area (Å²) >= 11 is 6.36. The lowest BCUT2D eigenvalue weighted by atomic mass is 9.86. The minimum absolute atomic E-state index is 0.232. The second kappa shape index (κ2) is 8.68. The van der Waals surface area contributed by atoms with Crippen molar-refractivity contribution in [2.45, 2.75) is 45.1 Å². The highest BCUT2D eigenvalue weighted by atomic mass is 35.5. The van der Waals surface area contributed by atoms with E-state index in [1.165, 1.54) is 0 Å². The Bertz CT molecular complexity index is 634. The van der Waals surface area contributed by atoms with Crippen LogP contribution in [0.4, 0.5) is 0 Å². The zero-order valence-corrected chi connectivity index (χ0v) is 15.9. The van der Waals surface area contributed by atoms with E-state index in [9.17, 15) is 9.59 Å². The van der Waals surface area contributed by atoms with Crippen LogP contribution in [0.15, 0.2) is 18.2 Å². The monoisotopic (exact) mass is 367 g/mol. The van der Waals surface area contributed by atoms with Gasteiger partial charge in [0.2, 0.25) is 0 Å². The molecule has 1 aliphatic rings. The summed E-state index contributed by atoms with van der Waals surface area (Å²) < 4.78 is 10.2. The number of carbonyl (C=O) groups is 2. The lowest BCUT2D eigenvalue weighted by Gasteiger charge is -2.39. The molecule has 1 atom stereocenters. The number of carbonyl (C=O) groups excluding carboxylic acids is 2. The van der Waals surface area contributed by atoms with Crippen molar-refractivity contribution in [2.24, 2.45) is 0 Å². The second-order valence-corrected chi connectivity index (χ2v) is 6.66. The maximum Gasteiger partial charge on any atom is 0.308 e. The maximum absolute atomic E-state index is 12.3. The van der Waals surface area contributed by atoms with Crippen molar-refractivity contribution in [3.05, 3.63) is 34.3 Å². The molecule has 0 saturated heterocycles. The van der Waals surface area contributed by atoms with E-state index < -0.39 is 5.54 Å². The van der Waals surface area contributed by atoms with Gasteiger partial charge in [0.05, 0.1) is 31.6 Å². The number of fused-ring (bicyclic) bond motifs is 1. The minimum atomic E-state index is -0.501. The second-order valence-electron chi connectivity index (χ2n) is 6.26. The number of halogens is 1. The number of rotatable bonds is 8. The molecule has 6 heteroatoms. The molecule has 0 fully saturated rings. The summed E-state index contributed by atoms with van der Waals surface area (Å²) in [6.45, 7) is 4.82. The molecule has 25 heavy (non-hydrogen) atoms. The summed E-state index contributed by atoms with van der Waals surface area (Å²) in [5.74, 6) is -0.469. The highest BCUT2D eigenvalue weighted by molar-refractivity contribution is 6.31. The Morgan fingerprint density at radius 3 is 2.56 bits per heavy atom. The van der Waals surface area contributed by atoms with Crippen LogP contribution in [0.1, 0.15) is 44.2 Å². The summed E-state index contributed by atoms with van der Waals surface area (Å²) in [6, 6.07) is 5.80. The molecule has 0 unspecified atom stereocenters. The third-order valence-electron chi connectivity index (χ3n) is 4.84. The van der Waals surface area contributed by atoms with Crippen molar-refractivity contribution in [1.82, 2.24) is 4.90 Å². The van der Waals surface area contributed by atoms with Gasteiger partial charge in [-0.25, -0.2) is 0 Å². The van der Waals surface area contributed by atoms with Gasteiger partial charge >= 0.3 is 11.9 Å². The smallest absolute Gasteiger partial charge is 0.308 e. The van der Waals surface area contributed by atoms with E-state index in [-0.39, 0.29) is 24.8 Å². The maximum atomic E-state index is 12.3. The van der Waals surface area contributed by atoms with E-state index in [0.717, 1.165) is 29.0 Å². The molecule has 0 aromatic heterocycles. The predicted octanol–water partition coefficient (Wildman–Crippen LogP) is 3.32. The highest BCUT2D eigenvalue weighted by Gasteiger charge is 2.44. The van der Waals surface area contributed by atoms with E-state index >= 15 is 0 Å². The fourth-order valence-corrected chi connectivity index (χ4v) is 3.86. The van der Waals surface area contributed by atoms with Crippen LogP contribution in [0, 0.1) is 0 Å². The summed E-state index contributed by atoms with van der Waals surface area (Å²) in [5.41, 5.74) is 1.63. The van der Waals surface area contributed by atoms with Crippen LogP contribution in [-0.4, -0.2) is 43.6 Å². The van der Waals surface area contributed by atoms with Gasteiger partial charge in [-0.05, 0) is 50.9 Å². The lowest BCUT2D eigenvalue weighted by Crippen LogP contribution is -2.45. The highest BCUT2D eigenvalue weighted by Crippen LogP contribution is 2.46. The molecule has 0 aliphatic heterocycles. The Labute approximate surface area is 154 Å². The molecule has 2 rings (SSSR count). The average Bonchev–Trinajstić information content (AvgIpc) is 2.94. The van der Waals surface area contributed by atoms with Crippen LogP contribution in [0.25, 0.3) is 0 Å². The van der Waals surface area contributed by atoms with E-state index in [4.69, 9.17) is 21.1 Å². The molecule has 1 aliphatic carbocycles. The Morgan fingerprint density at radius 1 is 1.20 bits per heavy atom. The van der Waals surface area contributed by atoms with Crippen LogP contribution < -0.4 is 0 Å². The molecule has 1 aromatic rings. The fourth-order valence-electron chi connectivity index (χ4n) is 3.59. The molecule has 0 bridgehead atoms. The summed E-state index contributed by atoms with van der Waals surface area (Å²) in [6.07, 6.45) is 2.10. The number of esters is 2. The number of hydrogen-bond donors (Lipinski definition) is 0. The molecule has 0 radical (unpaired) electrons. The molecular formula is C19H26ClNO4. The molecule has 138 valence electrons. The number of nitrogens with zero attached hydrogens (tertiary/aromatic N) is 1. The number of ether oxygens (including phenoxy) is 2. The SMILES string of the molecule is CCOC(=O)CCN(C)[C@]1(CC(=O)OCC)CCc2c(Cl)cccc21. The first-order chi connectivity index (χ1) is 11.9. The summed E-state index contributed by atoms with van der Waals surface area (Å²) in [4.78, 5) is 26.1. The molecule has 0 saturated carbocycles. The van der Waals surface area contributed by atoms with Gasteiger partial charge in [-0.3, -0.25) is 14.5 Å². The average molecular weight is 368 g/mol. The van der Waals surface area contributed by atoms with Crippen LogP contribution in [-0.2, 0) is 31.0 Å². The summed E-state index contributed by atoms with van der Waals surface area (Å²) in [5, 5.41) is 0.724. The quantitative estimate of drug-likeness (QED) is 0.660. The van der Waals surface area contributed by atoms with Crippen LogP contribution in [0.3, 0.4) is 0 Å². The first-order valence-electron chi connectivity index (χ1n) is 8.75. The predicted molar refractivity (Wildman–Crippen MR) is 96.6 cm³/mol. The minimum Gasteiger partial charge on any atom is -0.466 e. The van der Waals surface area contributed by atoms with E-state index in [1.54, 1.807) is 13.8 Å². The van der Waals surface area contributed by atoms with E-state index in [2.05, 4.69) is 4.90 Å². The van der Waals surface area contributed by atoms with Crippen LogP contribution in [0.2, 0.25) is 5.02 Å². The zero-order valence-electron chi connectivity index (χ0n) is 15.1. The molecule has 5 nitrogen and oxygen atoms in total. The van der Waals surface area contributed by atoms with Crippen LogP contribution >= 0.6 is 11.6 Å². The topological polar surface area (TPSA) is 55.8 Å². The number of hydrogen-bond acceptors (Lipinski definition) is 5. The Morgan fingerprint density at radius 2 is 1.88 bits per heavy atom. The molecule has 1 aromatic carbocycles. The Kier molecular flexibility index (Phi) is 6.85. The van der Waals surface area contributed by atoms with Crippen molar-refractivity contribution < 1.29 is 19.1 Å². The molecular weight excluding hydrogens is 342 g/mol. The van der Waals surface area contributed by atoms with Crippen molar-refractivity contribution in [2.75, 3.05) is 26.8 Å². The van der Waals surface area contributed by atoms with Gasteiger partial charge < -0.3 is 9.47 Å². The van der Waals surface area contributed by atoms with Crippen molar-refractivity contribution in [3.63, 3.8) is 0 Å². The van der Waals surface area contributed by atoms with Crippen molar-refractivity contribution in [1.29, 1.82) is 0 Å². The molecule has 0 N–H and O–H groups in total. The van der Waals surface area contributed by atoms with E-state index in [1.807, 2.05) is 25.2 Å². The first kappa shape index (κ1) is 19.7. The van der Waals surface area contributed by atoms with E-state index in [0.29, 0.717) is 19.8 Å². The normalized spacial score (nSPS) is 18.9. The standard InChI is InChI=1S/C19H26ClNO4/c1-4-24-17(22)10-12-21(3)19(13-18(23)25-5-2)11-9-14-15(19)7-6-8-16(14)20/h6-8H,4-5,9-13H2,1-3H3/t19-/m0/s1. The van der Waals surface area contributed by atoms with Gasteiger partial charge in [-0.1, -0.05) is 23.7 Å². The first-order valence-corrected chi connectivity index (χ1v) is 9.12.